The van der Waals surface area contributed by atoms with Crippen molar-refractivity contribution in [3.05, 3.63) is 65.6 Å². The minimum atomic E-state index is -0.907. The van der Waals surface area contributed by atoms with E-state index in [1.165, 1.54) is 11.8 Å². The molecule has 0 spiro atoms. The highest BCUT2D eigenvalue weighted by Crippen LogP contribution is 2.44. The largest absolute Gasteiger partial charge is 0.490 e. The molecular formula is C53H70N10O7S2. The van der Waals surface area contributed by atoms with E-state index in [0.29, 0.717) is 57.7 Å². The van der Waals surface area contributed by atoms with Crippen LogP contribution < -0.4 is 35.6 Å². The number of carbonyl (C=O) groups is 4. The van der Waals surface area contributed by atoms with Gasteiger partial charge in [0.1, 0.15) is 35.3 Å². The van der Waals surface area contributed by atoms with E-state index in [9.17, 15) is 24.3 Å². The molecule has 2 aromatic heterocycles. The average molecular weight is 1020 g/mol. The molecule has 19 heteroatoms. The first-order chi connectivity index (χ1) is 34.5. The SMILES string of the molecule is CC(=O)N[C@H](C(=O)N1C[C@H](O)C[C@H]1C(=O)NCc1ccc(-c2scnc2C)cc1OC1CCC(C(=O)N2CC(N3CCOc4c(Sc5cnc(N6CCC(C)(CN)CC6)cn5)cccc43)C2)CC1)C(C)(C)C. The quantitative estimate of drug-likeness (QED) is 0.118. The zero-order valence-electron chi connectivity index (χ0n) is 42.4. The molecule has 0 radical (unpaired) electrons. The summed E-state index contributed by atoms with van der Waals surface area (Å²) in [6.07, 6.45) is 7.72. The van der Waals surface area contributed by atoms with Crippen LogP contribution in [0.15, 0.2) is 64.2 Å². The van der Waals surface area contributed by atoms with Gasteiger partial charge in [-0.2, -0.15) is 0 Å². The second kappa shape index (κ2) is 21.5. The number of hydrogen-bond donors (Lipinski definition) is 4. The van der Waals surface area contributed by atoms with Gasteiger partial charge in [0.25, 0.3) is 0 Å². The van der Waals surface area contributed by atoms with Gasteiger partial charge < -0.3 is 50.5 Å². The number of β-amino-alcohol motifs (C(OH)–C–C–N with tert-alkyl or cyclic N) is 1. The number of hydrogen-bond acceptors (Lipinski definition) is 15. The van der Waals surface area contributed by atoms with E-state index in [1.54, 1.807) is 23.1 Å². The first-order valence-corrected chi connectivity index (χ1v) is 27.2. The number of thiazole rings is 1. The van der Waals surface area contributed by atoms with Crippen LogP contribution in [0.4, 0.5) is 11.5 Å². The number of nitrogens with two attached hydrogens (primary N) is 1. The van der Waals surface area contributed by atoms with Crippen molar-refractivity contribution in [3.8, 4) is 21.9 Å². The van der Waals surface area contributed by atoms with E-state index in [4.69, 9.17) is 25.2 Å². The Morgan fingerprint density at radius 2 is 1.78 bits per heavy atom. The predicted octanol–water partition coefficient (Wildman–Crippen LogP) is 5.80. The highest BCUT2D eigenvalue weighted by Gasteiger charge is 2.45. The standard InChI is InChI=1S/C53H70N10O7S2/c1-32-47(71-31-58-32)35-10-11-36(24-57-49(66)41-23-38(65)29-63(41)51(68)48(52(3,4)5)59-33(2)64)42(22-35)70-39-14-12-34(13-15-39)50(67)61-27-37(28-61)62-20-21-69-46-40(62)8-7-9-43(46)72-45-26-55-44(25-56-45)60-18-16-53(6,30-54)17-19-60/h7-11,22,25-26,31,34,37-39,41,48,65H,12-21,23-24,27-30,54H2,1-6H3,(H,57,66)(H,59,64)/t34?,38-,39?,41+,48-/m1/s1. The number of anilines is 2. The smallest absolute Gasteiger partial charge is 0.246 e. The van der Waals surface area contributed by atoms with Crippen LogP contribution in [0.3, 0.4) is 0 Å². The molecule has 0 unspecified atom stereocenters. The number of aliphatic hydroxyl groups excluding tert-OH is 1. The lowest BCUT2D eigenvalue weighted by molar-refractivity contribution is -0.143. The molecule has 72 heavy (non-hydrogen) atoms. The van der Waals surface area contributed by atoms with Gasteiger partial charge in [0.2, 0.25) is 23.6 Å². The van der Waals surface area contributed by atoms with Crippen LogP contribution in [0.2, 0.25) is 0 Å². The Morgan fingerprint density at radius 1 is 1.01 bits per heavy atom. The molecule has 5 N–H and O–H groups in total. The highest BCUT2D eigenvalue weighted by molar-refractivity contribution is 7.99. The second-order valence-electron chi connectivity index (χ2n) is 21.7. The number of aliphatic hydroxyl groups is 1. The van der Waals surface area contributed by atoms with Gasteiger partial charge in [-0.25, -0.2) is 15.0 Å². The third-order valence-electron chi connectivity index (χ3n) is 15.2. The summed E-state index contributed by atoms with van der Waals surface area (Å²) in [4.78, 5) is 77.9. The number of likely N-dealkylation sites (tertiary alicyclic amines) is 2. The lowest BCUT2D eigenvalue weighted by atomic mass is 9.80. The molecule has 3 atom stereocenters. The van der Waals surface area contributed by atoms with Gasteiger partial charge in [0.05, 0.1) is 63.9 Å². The van der Waals surface area contributed by atoms with Crippen molar-refractivity contribution < 1.29 is 33.8 Å². The number of amides is 4. The molecule has 9 rings (SSSR count). The molecule has 0 bridgehead atoms. The molecule has 1 saturated carbocycles. The van der Waals surface area contributed by atoms with E-state index >= 15 is 0 Å². The van der Waals surface area contributed by atoms with Gasteiger partial charge in [0.15, 0.2) is 5.75 Å². The van der Waals surface area contributed by atoms with E-state index < -0.39 is 35.4 Å². The third kappa shape index (κ3) is 11.3. The Hall–Kier alpha value is -5.50. The summed E-state index contributed by atoms with van der Waals surface area (Å²) in [5.74, 6) is 1.34. The van der Waals surface area contributed by atoms with Crippen LogP contribution in [0.25, 0.3) is 10.4 Å². The number of para-hydroxylation sites is 1. The lowest BCUT2D eigenvalue weighted by Crippen LogP contribution is -2.63. The topological polar surface area (TPSA) is 209 Å². The van der Waals surface area contributed by atoms with Gasteiger partial charge in [-0.15, -0.1) is 11.3 Å². The highest BCUT2D eigenvalue weighted by atomic mass is 32.2. The fourth-order valence-electron chi connectivity index (χ4n) is 10.7. The van der Waals surface area contributed by atoms with Crippen LogP contribution in [0.1, 0.15) is 90.8 Å². The Morgan fingerprint density at radius 3 is 2.44 bits per heavy atom. The summed E-state index contributed by atoms with van der Waals surface area (Å²) in [5.41, 5.74) is 11.1. The molecule has 5 aliphatic rings. The van der Waals surface area contributed by atoms with Crippen LogP contribution in [0, 0.1) is 23.7 Å². The summed E-state index contributed by atoms with van der Waals surface area (Å²) < 4.78 is 13.1. The molecule has 1 aliphatic carbocycles. The van der Waals surface area contributed by atoms with Crippen LogP contribution in [0.5, 0.6) is 11.5 Å². The van der Waals surface area contributed by atoms with Crippen molar-refractivity contribution in [2.24, 2.45) is 22.5 Å². The molecule has 3 saturated heterocycles. The fourth-order valence-corrected chi connectivity index (χ4v) is 12.3. The van der Waals surface area contributed by atoms with Crippen LogP contribution in [-0.4, -0.2) is 136 Å². The lowest BCUT2D eigenvalue weighted by Gasteiger charge is -2.49. The maximum atomic E-state index is 14.0. The van der Waals surface area contributed by atoms with Gasteiger partial charge in [0, 0.05) is 64.1 Å². The summed E-state index contributed by atoms with van der Waals surface area (Å²) in [6, 6.07) is 10.6. The molecule has 4 amide bonds. The van der Waals surface area contributed by atoms with E-state index in [1.807, 2.05) is 68.7 Å². The zero-order valence-corrected chi connectivity index (χ0v) is 44.0. The summed E-state index contributed by atoms with van der Waals surface area (Å²) in [5, 5.41) is 17.2. The predicted molar refractivity (Wildman–Crippen MR) is 278 cm³/mol. The number of rotatable bonds is 14. The second-order valence-corrected chi connectivity index (χ2v) is 23.6. The molecule has 4 fully saturated rings. The molecule has 4 aromatic rings. The first kappa shape index (κ1) is 51.4. The number of piperidine rings is 1. The maximum Gasteiger partial charge on any atom is 0.246 e. The molecule has 2 aromatic carbocycles. The normalized spacial score (nSPS) is 22.6. The number of benzene rings is 2. The van der Waals surface area contributed by atoms with Crippen molar-refractivity contribution in [1.82, 2.24) is 35.4 Å². The fraction of sp³-hybridized carbons (Fsp3) is 0.566. The number of ether oxygens (including phenoxy) is 2. The minimum Gasteiger partial charge on any atom is -0.490 e. The van der Waals surface area contributed by atoms with E-state index in [-0.39, 0.29) is 54.8 Å². The van der Waals surface area contributed by atoms with Crippen molar-refractivity contribution in [3.63, 3.8) is 0 Å². The molecule has 6 heterocycles. The van der Waals surface area contributed by atoms with Crippen LogP contribution in [-0.2, 0) is 25.7 Å². The monoisotopic (exact) mass is 1020 g/mol. The first-order valence-electron chi connectivity index (χ1n) is 25.5. The maximum absolute atomic E-state index is 14.0. The number of fused-ring (bicyclic) bond motifs is 1. The van der Waals surface area contributed by atoms with E-state index in [0.717, 1.165) is 81.4 Å². The number of aromatic nitrogens is 3. The van der Waals surface area contributed by atoms with Crippen molar-refractivity contribution >= 4 is 58.2 Å². The van der Waals surface area contributed by atoms with Crippen molar-refractivity contribution in [1.29, 1.82) is 0 Å². The Bertz CT molecular complexity index is 2600. The number of nitrogens with one attached hydrogen (secondary N) is 2. The van der Waals surface area contributed by atoms with E-state index in [2.05, 4.69) is 50.5 Å². The number of aryl methyl sites for hydroxylation is 1. The molecular weight excluding hydrogens is 953 g/mol. The Kier molecular flexibility index (Phi) is 15.4. The van der Waals surface area contributed by atoms with Crippen molar-refractivity contribution in [2.45, 2.75) is 133 Å². The summed E-state index contributed by atoms with van der Waals surface area (Å²) >= 11 is 3.10. The average Bonchev–Trinajstić information content (AvgIpc) is 3.97. The molecule has 386 valence electrons. The Balaban J connectivity index is 0.792. The van der Waals surface area contributed by atoms with Crippen molar-refractivity contribution in [2.75, 3.05) is 62.2 Å². The third-order valence-corrected chi connectivity index (χ3v) is 17.2. The molecule has 17 nitrogen and oxygen atoms in total. The summed E-state index contributed by atoms with van der Waals surface area (Å²) in [7, 11) is 0. The Labute approximate surface area is 431 Å². The van der Waals surface area contributed by atoms with Gasteiger partial charge >= 0.3 is 0 Å². The van der Waals surface area contributed by atoms with Gasteiger partial charge in [-0.3, -0.25) is 19.2 Å². The molecule has 4 aliphatic heterocycles. The van der Waals surface area contributed by atoms with Crippen LogP contribution >= 0.6 is 23.1 Å². The van der Waals surface area contributed by atoms with Gasteiger partial charge in [-0.05, 0) is 86.6 Å². The zero-order chi connectivity index (χ0) is 50.9. The number of nitrogens with zero attached hydrogens (tertiary/aromatic N) is 7. The summed E-state index contributed by atoms with van der Waals surface area (Å²) in [6.45, 7) is 16.5. The minimum absolute atomic E-state index is 0.00432. The number of carbonyl (C=O) groups excluding carboxylic acids is 4. The van der Waals surface area contributed by atoms with Gasteiger partial charge in [-0.1, -0.05) is 57.7 Å².